The molecule has 0 bridgehead atoms. The van der Waals surface area contributed by atoms with Gasteiger partial charge < -0.3 is 14.2 Å². The van der Waals surface area contributed by atoms with Crippen molar-refractivity contribution in [2.45, 2.75) is 112 Å². The highest BCUT2D eigenvalue weighted by Gasteiger charge is 2.26. The van der Waals surface area contributed by atoms with E-state index in [9.17, 15) is 9.59 Å². The lowest BCUT2D eigenvalue weighted by Gasteiger charge is -2.18. The third-order valence-corrected chi connectivity index (χ3v) is 5.43. The molecule has 0 rings (SSSR count). The number of rotatable bonds is 19. The molecule has 0 spiro atoms. The molecule has 33 heavy (non-hydrogen) atoms. The maximum atomic E-state index is 12.8. The normalized spacial score (nSPS) is 13.7. The van der Waals surface area contributed by atoms with E-state index in [0.717, 1.165) is 74.5 Å². The maximum absolute atomic E-state index is 12.8. The number of hydrogen-bond acceptors (Lipinski definition) is 5. The average Bonchev–Trinajstić information content (AvgIpc) is 2.83. The van der Waals surface area contributed by atoms with Crippen LogP contribution in [0.25, 0.3) is 0 Å². The predicted molar refractivity (Wildman–Crippen MR) is 136 cm³/mol. The minimum absolute atomic E-state index is 0.144. The Morgan fingerprint density at radius 1 is 0.636 bits per heavy atom. The van der Waals surface area contributed by atoms with Crippen molar-refractivity contribution in [2.75, 3.05) is 19.8 Å². The molecule has 0 fully saturated rings. The summed E-state index contributed by atoms with van der Waals surface area (Å²) in [6, 6.07) is 0. The molecule has 1 atom stereocenters. The molecule has 0 aliphatic heterocycles. The van der Waals surface area contributed by atoms with Crippen LogP contribution in [0.1, 0.15) is 106 Å². The van der Waals surface area contributed by atoms with Gasteiger partial charge in [-0.25, -0.2) is 4.79 Å². The number of allylic oxidation sites excluding steroid dienone is 3. The van der Waals surface area contributed by atoms with Crippen molar-refractivity contribution in [3.63, 3.8) is 0 Å². The molecule has 0 radical (unpaired) electrons. The first kappa shape index (κ1) is 31.1. The predicted octanol–water partition coefficient (Wildman–Crippen LogP) is 7.26. The number of hydrogen-bond donors (Lipinski definition) is 0. The Balaban J connectivity index is 5.15. The van der Waals surface area contributed by atoms with Crippen LogP contribution in [-0.4, -0.2) is 37.9 Å². The van der Waals surface area contributed by atoms with Crippen molar-refractivity contribution >= 4 is 11.9 Å². The van der Waals surface area contributed by atoms with E-state index in [0.29, 0.717) is 6.61 Å². The Kier molecular flexibility index (Phi) is 19.5. The molecule has 0 aromatic carbocycles. The summed E-state index contributed by atoms with van der Waals surface area (Å²) < 4.78 is 16.9. The van der Waals surface area contributed by atoms with Crippen LogP contribution in [0.4, 0.5) is 0 Å². The summed E-state index contributed by atoms with van der Waals surface area (Å²) in [5.41, 5.74) is 3.29. The van der Waals surface area contributed by atoms with Crippen molar-refractivity contribution in [1.82, 2.24) is 0 Å². The van der Waals surface area contributed by atoms with Crippen molar-refractivity contribution in [1.29, 1.82) is 0 Å². The van der Waals surface area contributed by atoms with Gasteiger partial charge in [-0.05, 0) is 55.2 Å². The molecule has 1 unspecified atom stereocenters. The zero-order chi connectivity index (χ0) is 24.9. The Bertz CT molecular complexity index is 630. The van der Waals surface area contributed by atoms with Gasteiger partial charge in [-0.1, -0.05) is 79.0 Å². The standard InChI is InChI=1S/C28H48O5/c1-7-13-16-23(10-4)20-31-26(28(30)33-22-25(12-6)18-15-9-3)19-27(29)32-21-24(11-5)17-14-8-2/h16-18,26H,7-15,19-22H2,1-6H3/b23-16+,24-17+,25-18+. The van der Waals surface area contributed by atoms with E-state index in [-0.39, 0.29) is 19.6 Å². The molecule has 0 aliphatic rings. The Hall–Kier alpha value is -1.88. The van der Waals surface area contributed by atoms with Gasteiger partial charge in [0, 0.05) is 0 Å². The van der Waals surface area contributed by atoms with Crippen LogP contribution in [0.2, 0.25) is 0 Å². The van der Waals surface area contributed by atoms with Gasteiger partial charge in [-0.2, -0.15) is 0 Å². The van der Waals surface area contributed by atoms with E-state index in [4.69, 9.17) is 14.2 Å². The van der Waals surface area contributed by atoms with Crippen molar-refractivity contribution in [3.05, 3.63) is 34.9 Å². The fourth-order valence-corrected chi connectivity index (χ4v) is 3.02. The summed E-state index contributed by atoms with van der Waals surface area (Å²) >= 11 is 0. The second-order valence-electron chi connectivity index (χ2n) is 8.29. The molecule has 5 heteroatoms. The fourth-order valence-electron chi connectivity index (χ4n) is 3.02. The summed E-state index contributed by atoms with van der Waals surface area (Å²) in [6.45, 7) is 13.3. The van der Waals surface area contributed by atoms with E-state index in [1.807, 2.05) is 13.8 Å². The summed E-state index contributed by atoms with van der Waals surface area (Å²) in [6.07, 6.45) is 13.8. The first-order valence-electron chi connectivity index (χ1n) is 12.9. The Morgan fingerprint density at radius 3 is 1.48 bits per heavy atom. The Morgan fingerprint density at radius 2 is 1.06 bits per heavy atom. The van der Waals surface area contributed by atoms with E-state index in [2.05, 4.69) is 45.9 Å². The summed E-state index contributed by atoms with van der Waals surface area (Å²) in [5, 5.41) is 0. The van der Waals surface area contributed by atoms with Crippen molar-refractivity contribution < 1.29 is 23.8 Å². The summed E-state index contributed by atoms with van der Waals surface area (Å²) in [4.78, 5) is 25.3. The monoisotopic (exact) mass is 464 g/mol. The number of ether oxygens (including phenoxy) is 3. The lowest BCUT2D eigenvalue weighted by Crippen LogP contribution is -2.31. The number of esters is 2. The van der Waals surface area contributed by atoms with Crippen LogP contribution >= 0.6 is 0 Å². The average molecular weight is 465 g/mol. The second-order valence-corrected chi connectivity index (χ2v) is 8.29. The van der Waals surface area contributed by atoms with Gasteiger partial charge >= 0.3 is 11.9 Å². The molecule has 0 aromatic rings. The first-order chi connectivity index (χ1) is 15.9. The molecule has 0 aliphatic carbocycles. The Labute approximate surface area is 202 Å². The lowest BCUT2D eigenvalue weighted by atomic mass is 10.1. The smallest absolute Gasteiger partial charge is 0.336 e. The van der Waals surface area contributed by atoms with Crippen molar-refractivity contribution in [3.8, 4) is 0 Å². The van der Waals surface area contributed by atoms with E-state index in [1.165, 1.54) is 0 Å². The summed E-state index contributed by atoms with van der Waals surface area (Å²) in [5.74, 6) is -0.952. The maximum Gasteiger partial charge on any atom is 0.336 e. The zero-order valence-corrected chi connectivity index (χ0v) is 22.0. The van der Waals surface area contributed by atoms with Crippen molar-refractivity contribution in [2.24, 2.45) is 0 Å². The number of carbonyl (C=O) groups excluding carboxylic acids is 2. The van der Waals surface area contributed by atoms with Crippen LogP contribution < -0.4 is 0 Å². The molecular formula is C28H48O5. The van der Waals surface area contributed by atoms with Gasteiger partial charge in [-0.3, -0.25) is 4.79 Å². The molecule has 5 nitrogen and oxygen atoms in total. The highest BCUT2D eigenvalue weighted by Crippen LogP contribution is 2.13. The highest BCUT2D eigenvalue weighted by molar-refractivity contribution is 5.82. The molecule has 0 amide bonds. The number of carbonyl (C=O) groups is 2. The molecular weight excluding hydrogens is 416 g/mol. The largest absolute Gasteiger partial charge is 0.461 e. The first-order valence-corrected chi connectivity index (χ1v) is 12.9. The van der Waals surface area contributed by atoms with E-state index < -0.39 is 18.0 Å². The van der Waals surface area contributed by atoms with Gasteiger partial charge in [0.15, 0.2) is 6.10 Å². The van der Waals surface area contributed by atoms with Gasteiger partial charge in [0.1, 0.15) is 13.2 Å². The van der Waals surface area contributed by atoms with Crippen LogP contribution in [-0.2, 0) is 23.8 Å². The lowest BCUT2D eigenvalue weighted by molar-refractivity contribution is -0.162. The second kappa shape index (κ2) is 20.7. The van der Waals surface area contributed by atoms with Crippen LogP contribution in [0.15, 0.2) is 34.9 Å². The molecule has 0 N–H and O–H groups in total. The fraction of sp³-hybridized carbons (Fsp3) is 0.714. The zero-order valence-electron chi connectivity index (χ0n) is 22.0. The van der Waals surface area contributed by atoms with E-state index in [1.54, 1.807) is 0 Å². The quantitative estimate of drug-likeness (QED) is 0.149. The topological polar surface area (TPSA) is 61.8 Å². The van der Waals surface area contributed by atoms with E-state index >= 15 is 0 Å². The van der Waals surface area contributed by atoms with Crippen LogP contribution in [0.3, 0.4) is 0 Å². The molecule has 0 saturated carbocycles. The molecule has 0 saturated heterocycles. The van der Waals surface area contributed by atoms with Gasteiger partial charge in [0.2, 0.25) is 0 Å². The summed E-state index contributed by atoms with van der Waals surface area (Å²) in [7, 11) is 0. The van der Waals surface area contributed by atoms with Gasteiger partial charge in [0.05, 0.1) is 13.0 Å². The number of unbranched alkanes of at least 4 members (excludes halogenated alkanes) is 3. The minimum Gasteiger partial charge on any atom is -0.461 e. The molecule has 190 valence electrons. The van der Waals surface area contributed by atoms with Crippen LogP contribution in [0, 0.1) is 0 Å². The van der Waals surface area contributed by atoms with Gasteiger partial charge in [-0.15, -0.1) is 0 Å². The molecule has 0 aromatic heterocycles. The third-order valence-electron chi connectivity index (χ3n) is 5.43. The highest BCUT2D eigenvalue weighted by atomic mass is 16.6. The SMILES string of the molecule is CCC/C=C(\CC)COC(=O)CC(OC/C(=C/CCC)CC)C(=O)OC/C(=C/CCC)CC. The third kappa shape index (κ3) is 15.6. The van der Waals surface area contributed by atoms with Crippen LogP contribution in [0.5, 0.6) is 0 Å². The molecule has 0 heterocycles. The van der Waals surface area contributed by atoms with Gasteiger partial charge in [0.25, 0.3) is 0 Å². The minimum atomic E-state index is -0.969.